The van der Waals surface area contributed by atoms with Crippen LogP contribution in [0.3, 0.4) is 0 Å². The molecule has 0 saturated heterocycles. The minimum absolute atomic E-state index is 0.00676. The molecule has 0 spiro atoms. The molecule has 2 aromatic rings. The van der Waals surface area contributed by atoms with Crippen LogP contribution in [0.25, 0.3) is 0 Å². The third-order valence-electron chi connectivity index (χ3n) is 4.59. The number of rotatable bonds is 9. The van der Waals surface area contributed by atoms with Crippen LogP contribution in [-0.4, -0.2) is 39.7 Å². The van der Waals surface area contributed by atoms with Crippen LogP contribution in [-0.2, 0) is 14.1 Å². The van der Waals surface area contributed by atoms with Gasteiger partial charge >= 0.3 is 13.6 Å². The molecule has 0 bridgehead atoms. The maximum Gasteiger partial charge on any atom is 0.329 e. The van der Waals surface area contributed by atoms with E-state index < -0.39 is 31.2 Å². The van der Waals surface area contributed by atoms with E-state index in [9.17, 15) is 24.3 Å². The molecule has 8 nitrogen and oxygen atoms in total. The Hall–Kier alpha value is -1.58. The van der Waals surface area contributed by atoms with Gasteiger partial charge in [-0.3, -0.25) is 9.36 Å². The van der Waals surface area contributed by atoms with Crippen molar-refractivity contribution in [2.45, 2.75) is 46.6 Å². The highest BCUT2D eigenvalue weighted by Crippen LogP contribution is 2.43. The van der Waals surface area contributed by atoms with Gasteiger partial charge in [0.1, 0.15) is 18.5 Å². The number of hydrogen-bond donors (Lipinski definition) is 3. The first-order valence-electron chi connectivity index (χ1n) is 10.4. The van der Waals surface area contributed by atoms with Gasteiger partial charge in [0.15, 0.2) is 17.2 Å². The molecule has 0 amide bonds. The largest absolute Gasteiger partial charge is 0.504 e. The monoisotopic (exact) mass is 622 g/mol. The Bertz CT molecular complexity index is 1050. The van der Waals surface area contributed by atoms with Gasteiger partial charge in [0.25, 0.3) is 0 Å². The van der Waals surface area contributed by atoms with E-state index in [1.807, 2.05) is 19.9 Å². The van der Waals surface area contributed by atoms with E-state index in [0.717, 1.165) is 5.56 Å². The predicted molar refractivity (Wildman–Crippen MR) is 136 cm³/mol. The summed E-state index contributed by atoms with van der Waals surface area (Å²) < 4.78 is 29.3. The van der Waals surface area contributed by atoms with Crippen molar-refractivity contribution in [3.05, 3.63) is 44.8 Å². The molecular formula is C23H29Br2O8P. The zero-order valence-electron chi connectivity index (χ0n) is 19.5. The fourth-order valence-corrected chi connectivity index (χ4v) is 4.78. The van der Waals surface area contributed by atoms with Gasteiger partial charge in [0, 0.05) is 0 Å². The summed E-state index contributed by atoms with van der Waals surface area (Å²) in [5.41, 5.74) is 0.200. The van der Waals surface area contributed by atoms with Crippen molar-refractivity contribution in [2.75, 3.05) is 12.8 Å². The van der Waals surface area contributed by atoms with E-state index in [0.29, 0.717) is 14.7 Å². The molecule has 2 aromatic carbocycles. The summed E-state index contributed by atoms with van der Waals surface area (Å²) in [6, 6.07) is 8.29. The summed E-state index contributed by atoms with van der Waals surface area (Å²) in [6.07, 6.45) is -1.71. The standard InChI is InChI=1S/C23H29Br2O8P/c1-13(2)14-6-7-20(19(26)8-14)33-21-17(24)9-15(10-18(21)25)32-16(12-34(28,29)30)11-31-22(27)23(3,4)5/h6-10,13,16,26H,11-12H2,1-5H3,(H2,28,29,30). The Morgan fingerprint density at radius 3 is 2.15 bits per heavy atom. The number of ether oxygens (including phenoxy) is 3. The summed E-state index contributed by atoms with van der Waals surface area (Å²) in [5.74, 6) is 0.613. The van der Waals surface area contributed by atoms with E-state index in [1.54, 1.807) is 45.0 Å². The molecule has 0 aliphatic rings. The molecule has 0 aromatic heterocycles. The summed E-state index contributed by atoms with van der Waals surface area (Å²) >= 11 is 6.80. The lowest BCUT2D eigenvalue weighted by Crippen LogP contribution is -2.32. The zero-order chi connectivity index (χ0) is 25.8. The van der Waals surface area contributed by atoms with Crippen LogP contribution in [0.1, 0.15) is 46.1 Å². The number of phenolic OH excluding ortho intramolecular Hbond substituents is 1. The Balaban J connectivity index is 2.23. The van der Waals surface area contributed by atoms with Crippen molar-refractivity contribution in [1.82, 2.24) is 0 Å². The molecule has 2 rings (SSSR count). The lowest BCUT2D eigenvalue weighted by molar-refractivity contribution is -0.155. The fraction of sp³-hybridized carbons (Fsp3) is 0.435. The molecule has 11 heteroatoms. The zero-order valence-corrected chi connectivity index (χ0v) is 23.6. The average Bonchev–Trinajstić information content (AvgIpc) is 2.67. The van der Waals surface area contributed by atoms with Crippen LogP contribution in [0, 0.1) is 5.41 Å². The molecule has 0 radical (unpaired) electrons. The minimum Gasteiger partial charge on any atom is -0.504 e. The smallest absolute Gasteiger partial charge is 0.329 e. The van der Waals surface area contributed by atoms with Crippen molar-refractivity contribution >= 4 is 45.4 Å². The first-order chi connectivity index (χ1) is 15.6. The molecule has 3 N–H and O–H groups in total. The highest BCUT2D eigenvalue weighted by atomic mass is 79.9. The molecule has 34 heavy (non-hydrogen) atoms. The molecule has 0 heterocycles. The number of phenols is 1. The highest BCUT2D eigenvalue weighted by Gasteiger charge is 2.28. The maximum atomic E-state index is 12.1. The molecule has 1 unspecified atom stereocenters. The quantitative estimate of drug-likeness (QED) is 0.218. The number of esters is 1. The summed E-state index contributed by atoms with van der Waals surface area (Å²) in [4.78, 5) is 30.9. The first-order valence-corrected chi connectivity index (χ1v) is 13.8. The van der Waals surface area contributed by atoms with Gasteiger partial charge in [-0.15, -0.1) is 0 Å². The van der Waals surface area contributed by atoms with E-state index in [4.69, 9.17) is 14.2 Å². The number of halogens is 2. The fourth-order valence-electron chi connectivity index (χ4n) is 2.76. The van der Waals surface area contributed by atoms with Crippen molar-refractivity contribution in [3.63, 3.8) is 0 Å². The van der Waals surface area contributed by atoms with E-state index in [-0.39, 0.29) is 29.8 Å². The van der Waals surface area contributed by atoms with Crippen LogP contribution in [0.5, 0.6) is 23.0 Å². The predicted octanol–water partition coefficient (Wildman–Crippen LogP) is 6.35. The van der Waals surface area contributed by atoms with Gasteiger partial charge < -0.3 is 29.1 Å². The SMILES string of the molecule is CC(C)c1ccc(Oc2c(Br)cc(OC(COC(=O)C(C)(C)C)CP(=O)(O)O)cc2Br)c(O)c1. The number of hydrogen-bond acceptors (Lipinski definition) is 6. The normalized spacial score (nSPS) is 13.0. The summed E-state index contributed by atoms with van der Waals surface area (Å²) in [7, 11) is -4.45. The minimum atomic E-state index is -4.45. The maximum absolute atomic E-state index is 12.1. The van der Waals surface area contributed by atoms with E-state index in [2.05, 4.69) is 31.9 Å². The van der Waals surface area contributed by atoms with Crippen molar-refractivity contribution in [3.8, 4) is 23.0 Å². The Labute approximate surface area is 216 Å². The topological polar surface area (TPSA) is 123 Å². The highest BCUT2D eigenvalue weighted by molar-refractivity contribution is 9.11. The molecule has 0 fully saturated rings. The van der Waals surface area contributed by atoms with Crippen molar-refractivity contribution in [2.24, 2.45) is 5.41 Å². The first kappa shape index (κ1) is 28.7. The molecular weight excluding hydrogens is 595 g/mol. The van der Waals surface area contributed by atoms with Gasteiger partial charge in [-0.05, 0) is 88.4 Å². The van der Waals surface area contributed by atoms with Crippen LogP contribution < -0.4 is 9.47 Å². The molecule has 0 aliphatic heterocycles. The van der Waals surface area contributed by atoms with Gasteiger partial charge in [-0.2, -0.15) is 0 Å². The van der Waals surface area contributed by atoms with Gasteiger partial charge in [-0.25, -0.2) is 0 Å². The molecule has 1 atom stereocenters. The second kappa shape index (κ2) is 11.4. The van der Waals surface area contributed by atoms with Gasteiger partial charge in [0.2, 0.25) is 0 Å². The van der Waals surface area contributed by atoms with Crippen molar-refractivity contribution in [1.29, 1.82) is 0 Å². The van der Waals surface area contributed by atoms with Crippen LogP contribution in [0.15, 0.2) is 39.3 Å². The third kappa shape index (κ3) is 8.57. The summed E-state index contributed by atoms with van der Waals surface area (Å²) in [6.45, 7) is 8.74. The third-order valence-corrected chi connectivity index (χ3v) is 6.65. The van der Waals surface area contributed by atoms with Crippen LogP contribution in [0.2, 0.25) is 0 Å². The molecule has 0 aliphatic carbocycles. The van der Waals surface area contributed by atoms with Crippen LogP contribution in [0.4, 0.5) is 0 Å². The Morgan fingerprint density at radius 2 is 1.68 bits per heavy atom. The van der Waals surface area contributed by atoms with Crippen molar-refractivity contribution < 1.29 is 38.5 Å². The summed E-state index contributed by atoms with van der Waals surface area (Å²) in [5, 5.41) is 10.3. The van der Waals surface area contributed by atoms with E-state index >= 15 is 0 Å². The number of carbonyl (C=O) groups is 1. The lowest BCUT2D eigenvalue weighted by Gasteiger charge is -2.23. The average molecular weight is 624 g/mol. The van der Waals surface area contributed by atoms with E-state index in [1.165, 1.54) is 0 Å². The Morgan fingerprint density at radius 1 is 1.09 bits per heavy atom. The second-order valence-electron chi connectivity index (χ2n) is 9.14. The number of aromatic hydroxyl groups is 1. The van der Waals surface area contributed by atoms with Gasteiger partial charge in [-0.1, -0.05) is 19.9 Å². The van der Waals surface area contributed by atoms with Crippen LogP contribution >= 0.6 is 39.5 Å². The molecule has 188 valence electrons. The Kier molecular flexibility index (Phi) is 9.64. The number of benzene rings is 2. The second-order valence-corrected chi connectivity index (χ2v) is 12.5. The molecule has 0 saturated carbocycles. The lowest BCUT2D eigenvalue weighted by atomic mass is 9.97. The van der Waals surface area contributed by atoms with Gasteiger partial charge in [0.05, 0.1) is 20.5 Å². The number of carbonyl (C=O) groups excluding carboxylic acids is 1.